The Kier molecular flexibility index (Phi) is 10.1. The minimum atomic E-state index is -0.0118. The Balaban J connectivity index is 2.08. The molecule has 1 fully saturated rings. The van der Waals surface area contributed by atoms with E-state index >= 15 is 0 Å². The first-order chi connectivity index (χ1) is 14.0. The number of rotatable bonds is 10. The summed E-state index contributed by atoms with van der Waals surface area (Å²) in [7, 11) is 5.19. The number of likely N-dealkylation sites (N-methyl/N-ethyl adjacent to an activating group) is 1. The smallest absolute Gasteiger partial charge is 0.243 e. The zero-order valence-electron chi connectivity index (χ0n) is 18.1. The number of carbonyl (C=O) groups excluding carboxylic acids is 1. The highest BCUT2D eigenvalue weighted by atomic mass is 32.2. The molecular formula is C21H35N5O2S. The summed E-state index contributed by atoms with van der Waals surface area (Å²) >= 11 is 1.78. The average Bonchev–Trinajstić information content (AvgIpc) is 3.26. The van der Waals surface area contributed by atoms with Gasteiger partial charge < -0.3 is 20.3 Å². The van der Waals surface area contributed by atoms with E-state index in [1.165, 1.54) is 18.4 Å². The summed E-state index contributed by atoms with van der Waals surface area (Å²) in [6.07, 6.45) is 4.54. The SMILES string of the molecule is COc1ccc(C(CNC(=NCC(=O)N(C)C)NCCSC)N2CCCC2)cc1. The van der Waals surface area contributed by atoms with E-state index in [0.29, 0.717) is 5.96 Å². The van der Waals surface area contributed by atoms with Crippen molar-refractivity contribution < 1.29 is 9.53 Å². The van der Waals surface area contributed by atoms with Crippen LogP contribution in [-0.4, -0.2) is 87.6 Å². The van der Waals surface area contributed by atoms with Crippen LogP contribution in [-0.2, 0) is 4.79 Å². The molecule has 1 aromatic carbocycles. The molecule has 1 aromatic rings. The number of ether oxygens (including phenoxy) is 1. The highest BCUT2D eigenvalue weighted by molar-refractivity contribution is 7.98. The van der Waals surface area contributed by atoms with Gasteiger partial charge in [-0.1, -0.05) is 12.1 Å². The second-order valence-corrected chi connectivity index (χ2v) is 8.27. The van der Waals surface area contributed by atoms with E-state index in [9.17, 15) is 4.79 Å². The van der Waals surface area contributed by atoms with Crippen LogP contribution in [0.4, 0.5) is 0 Å². The van der Waals surface area contributed by atoms with Gasteiger partial charge in [0, 0.05) is 32.9 Å². The van der Waals surface area contributed by atoms with Crippen molar-refractivity contribution in [2.24, 2.45) is 4.99 Å². The van der Waals surface area contributed by atoms with E-state index in [0.717, 1.165) is 37.7 Å². The molecule has 7 nitrogen and oxygen atoms in total. The number of methoxy groups -OCH3 is 1. The number of benzene rings is 1. The molecule has 1 amide bonds. The molecule has 162 valence electrons. The Morgan fingerprint density at radius 2 is 1.93 bits per heavy atom. The van der Waals surface area contributed by atoms with Crippen molar-refractivity contribution >= 4 is 23.6 Å². The highest BCUT2D eigenvalue weighted by Crippen LogP contribution is 2.26. The van der Waals surface area contributed by atoms with Crippen molar-refractivity contribution in [1.29, 1.82) is 0 Å². The zero-order valence-corrected chi connectivity index (χ0v) is 18.9. The Morgan fingerprint density at radius 1 is 1.24 bits per heavy atom. The van der Waals surface area contributed by atoms with Gasteiger partial charge in [-0.3, -0.25) is 9.69 Å². The van der Waals surface area contributed by atoms with Crippen LogP contribution in [0.15, 0.2) is 29.3 Å². The van der Waals surface area contributed by atoms with Gasteiger partial charge in [-0.15, -0.1) is 0 Å². The Bertz CT molecular complexity index is 645. The lowest BCUT2D eigenvalue weighted by atomic mass is 10.1. The third kappa shape index (κ3) is 7.78. The fourth-order valence-electron chi connectivity index (χ4n) is 3.26. The van der Waals surface area contributed by atoms with Crippen LogP contribution in [0, 0.1) is 0 Å². The van der Waals surface area contributed by atoms with Crippen molar-refractivity contribution in [2.45, 2.75) is 18.9 Å². The molecule has 2 N–H and O–H groups in total. The van der Waals surface area contributed by atoms with Crippen LogP contribution in [0.3, 0.4) is 0 Å². The summed E-state index contributed by atoms with van der Waals surface area (Å²) in [5.74, 6) is 2.52. The molecule has 0 bridgehead atoms. The largest absolute Gasteiger partial charge is 0.497 e. The molecule has 0 spiro atoms. The maximum absolute atomic E-state index is 11.9. The fourth-order valence-corrected chi connectivity index (χ4v) is 3.57. The van der Waals surface area contributed by atoms with Crippen LogP contribution in [0.1, 0.15) is 24.4 Å². The Hall–Kier alpha value is -1.93. The van der Waals surface area contributed by atoms with Gasteiger partial charge in [0.1, 0.15) is 12.3 Å². The number of nitrogens with zero attached hydrogens (tertiary/aromatic N) is 3. The van der Waals surface area contributed by atoms with Crippen LogP contribution >= 0.6 is 11.8 Å². The first-order valence-electron chi connectivity index (χ1n) is 10.1. The number of nitrogens with one attached hydrogen (secondary N) is 2. The molecule has 0 saturated carbocycles. The van der Waals surface area contributed by atoms with Crippen molar-refractivity contribution in [3.8, 4) is 5.75 Å². The van der Waals surface area contributed by atoms with Gasteiger partial charge in [-0.2, -0.15) is 11.8 Å². The summed E-state index contributed by atoms with van der Waals surface area (Å²) in [5, 5.41) is 6.80. The van der Waals surface area contributed by atoms with Crippen LogP contribution < -0.4 is 15.4 Å². The molecule has 0 radical (unpaired) electrons. The average molecular weight is 422 g/mol. The number of likely N-dealkylation sites (tertiary alicyclic amines) is 1. The van der Waals surface area contributed by atoms with E-state index in [4.69, 9.17) is 4.74 Å². The predicted octanol–water partition coefficient (Wildman–Crippen LogP) is 1.82. The minimum Gasteiger partial charge on any atom is -0.497 e. The number of amides is 1. The molecule has 1 unspecified atom stereocenters. The maximum atomic E-state index is 11.9. The van der Waals surface area contributed by atoms with Crippen molar-refractivity contribution in [2.75, 3.05) is 65.9 Å². The third-order valence-electron chi connectivity index (χ3n) is 5.01. The summed E-state index contributed by atoms with van der Waals surface area (Å²) in [6.45, 7) is 3.87. The molecule has 0 aromatic heterocycles. The molecule has 8 heteroatoms. The van der Waals surface area contributed by atoms with Crippen molar-refractivity contribution in [3.63, 3.8) is 0 Å². The van der Waals surface area contributed by atoms with Gasteiger partial charge in [0.15, 0.2) is 5.96 Å². The van der Waals surface area contributed by atoms with Crippen molar-refractivity contribution in [1.82, 2.24) is 20.4 Å². The summed E-state index contributed by atoms with van der Waals surface area (Å²) in [6, 6.07) is 8.55. The molecule has 0 aliphatic carbocycles. The number of hydrogen-bond acceptors (Lipinski definition) is 5. The maximum Gasteiger partial charge on any atom is 0.243 e. The first kappa shape index (κ1) is 23.3. The lowest BCUT2D eigenvalue weighted by Gasteiger charge is -2.29. The molecule has 1 heterocycles. The van der Waals surface area contributed by atoms with Crippen molar-refractivity contribution in [3.05, 3.63) is 29.8 Å². The molecular weight excluding hydrogens is 386 g/mol. The number of hydrogen-bond donors (Lipinski definition) is 2. The standard InChI is InChI=1S/C21H35N5O2S/c1-25(2)20(27)16-24-21(22-11-14-29-4)23-15-19(26-12-5-6-13-26)17-7-9-18(28-3)10-8-17/h7-10,19H,5-6,11-16H2,1-4H3,(H2,22,23,24). The fraction of sp³-hybridized carbons (Fsp3) is 0.619. The Morgan fingerprint density at radius 3 is 2.52 bits per heavy atom. The molecule has 2 rings (SSSR count). The van der Waals surface area contributed by atoms with E-state index in [-0.39, 0.29) is 18.5 Å². The van der Waals surface area contributed by atoms with Gasteiger partial charge >= 0.3 is 0 Å². The Labute approximate surface area is 179 Å². The number of guanidine groups is 1. The molecule has 1 atom stereocenters. The predicted molar refractivity (Wildman–Crippen MR) is 122 cm³/mol. The van der Waals surface area contributed by atoms with Gasteiger partial charge in [0.05, 0.1) is 13.2 Å². The second kappa shape index (κ2) is 12.6. The minimum absolute atomic E-state index is 0.0118. The second-order valence-electron chi connectivity index (χ2n) is 7.29. The topological polar surface area (TPSA) is 69.2 Å². The lowest BCUT2D eigenvalue weighted by molar-refractivity contribution is -0.127. The van der Waals surface area contributed by atoms with Crippen LogP contribution in [0.25, 0.3) is 0 Å². The summed E-state index contributed by atoms with van der Waals surface area (Å²) in [5.41, 5.74) is 1.26. The van der Waals surface area contributed by atoms with Gasteiger partial charge in [0.25, 0.3) is 0 Å². The molecule has 29 heavy (non-hydrogen) atoms. The molecule has 1 aliphatic heterocycles. The van der Waals surface area contributed by atoms with Crippen LogP contribution in [0.2, 0.25) is 0 Å². The van der Waals surface area contributed by atoms with E-state index in [1.807, 2.05) is 12.1 Å². The van der Waals surface area contributed by atoms with E-state index in [1.54, 1.807) is 37.9 Å². The molecule has 1 aliphatic rings. The van der Waals surface area contributed by atoms with Crippen LogP contribution in [0.5, 0.6) is 5.75 Å². The third-order valence-corrected chi connectivity index (χ3v) is 5.63. The van der Waals surface area contributed by atoms with Gasteiger partial charge in [-0.25, -0.2) is 4.99 Å². The molecule has 1 saturated heterocycles. The normalized spacial score (nSPS) is 15.8. The first-order valence-corrected chi connectivity index (χ1v) is 11.5. The monoisotopic (exact) mass is 421 g/mol. The van der Waals surface area contributed by atoms with E-state index < -0.39 is 0 Å². The van der Waals surface area contributed by atoms with E-state index in [2.05, 4.69) is 38.9 Å². The number of aliphatic imine (C=N–C) groups is 1. The summed E-state index contributed by atoms with van der Waals surface area (Å²) in [4.78, 5) is 20.5. The quantitative estimate of drug-likeness (QED) is 0.341. The van der Waals surface area contributed by atoms with Gasteiger partial charge in [0.2, 0.25) is 5.91 Å². The zero-order chi connectivity index (χ0) is 21.1. The number of carbonyl (C=O) groups is 1. The lowest BCUT2D eigenvalue weighted by Crippen LogP contribution is -2.44. The van der Waals surface area contributed by atoms with Gasteiger partial charge in [-0.05, 0) is 49.9 Å². The highest BCUT2D eigenvalue weighted by Gasteiger charge is 2.23. The number of thioether (sulfide) groups is 1. The summed E-state index contributed by atoms with van der Waals surface area (Å²) < 4.78 is 5.30.